The van der Waals surface area contributed by atoms with Crippen molar-refractivity contribution < 1.29 is 33.7 Å². The van der Waals surface area contributed by atoms with Crippen molar-refractivity contribution >= 4 is 63.0 Å². The van der Waals surface area contributed by atoms with Crippen LogP contribution in [-0.4, -0.2) is 67.8 Å². The third kappa shape index (κ3) is 4.39. The first-order chi connectivity index (χ1) is 18.2. The number of ketones is 1. The van der Waals surface area contributed by atoms with Crippen molar-refractivity contribution in [1.29, 1.82) is 0 Å². The monoisotopic (exact) mass is 555 g/mol. The summed E-state index contributed by atoms with van der Waals surface area (Å²) in [5, 5.41) is 19.6. The average Bonchev–Trinajstić information content (AvgIpc) is 3.51. The Morgan fingerprint density at radius 3 is 2.82 bits per heavy atom. The lowest BCUT2D eigenvalue weighted by Gasteiger charge is -2.50. The number of carbonyl (C=O) groups excluding carboxylic acids is 4. The van der Waals surface area contributed by atoms with Crippen LogP contribution in [0.1, 0.15) is 23.1 Å². The van der Waals surface area contributed by atoms with E-state index in [1.807, 2.05) is 0 Å². The molecule has 2 atom stereocenters. The molecule has 3 aromatic rings. The number of aliphatic carboxylic acids is 1. The van der Waals surface area contributed by atoms with Crippen LogP contribution in [-0.2, 0) is 25.8 Å². The van der Waals surface area contributed by atoms with Crippen molar-refractivity contribution in [1.82, 2.24) is 19.6 Å². The Morgan fingerprint density at radius 1 is 1.37 bits per heavy atom. The molecule has 13 nitrogen and oxygen atoms in total. The van der Waals surface area contributed by atoms with E-state index in [4.69, 9.17) is 10.6 Å². The number of hydrogen-bond acceptors (Lipinski definition) is 11. The Bertz CT molecular complexity index is 1560. The van der Waals surface area contributed by atoms with E-state index < -0.39 is 29.2 Å². The molecule has 3 N–H and O–H groups in total. The maximum atomic E-state index is 13.0. The molecule has 0 radical (unpaired) electrons. The number of rotatable bonds is 8. The number of β-lactam (4-membered cyclic amide) rings is 1. The number of hydrogen-bond donors (Lipinski definition) is 2. The van der Waals surface area contributed by atoms with Gasteiger partial charge in [-0.1, -0.05) is 5.16 Å². The van der Waals surface area contributed by atoms with Gasteiger partial charge in [0, 0.05) is 23.6 Å². The molecule has 5 heterocycles. The molecule has 2 aliphatic rings. The average molecular weight is 556 g/mol. The summed E-state index contributed by atoms with van der Waals surface area (Å²) in [6.07, 6.45) is 5.23. The summed E-state index contributed by atoms with van der Waals surface area (Å²) < 4.78 is 3.51. The van der Waals surface area contributed by atoms with Gasteiger partial charge in [0.05, 0.1) is 23.6 Å². The Morgan fingerprint density at radius 2 is 2.16 bits per heavy atom. The fourth-order valence-corrected chi connectivity index (χ4v) is 6.28. The lowest BCUT2D eigenvalue weighted by atomic mass is 10.0. The van der Waals surface area contributed by atoms with Gasteiger partial charge < -0.3 is 30.2 Å². The Balaban J connectivity index is 1.36. The first-order valence-corrected chi connectivity index (χ1v) is 13.1. The quantitative estimate of drug-likeness (QED) is 0.115. The summed E-state index contributed by atoms with van der Waals surface area (Å²) in [5.41, 5.74) is 7.24. The van der Waals surface area contributed by atoms with Gasteiger partial charge in [-0.3, -0.25) is 19.3 Å². The SMILES string of the molecule is CO/N=C(\C(=O)N[C@@H]1C(=O)N2C(C(=O)[O-])=C(C[n+]3ccn4c(C(C)=O)ccc4c3)CS[C@H]12)c1csc(N)n1. The number of oxime groups is 1. The number of aromatic nitrogens is 3. The van der Waals surface area contributed by atoms with E-state index in [-0.39, 0.29) is 34.6 Å². The van der Waals surface area contributed by atoms with Crippen molar-refractivity contribution in [2.75, 3.05) is 18.6 Å². The molecule has 196 valence electrons. The van der Waals surface area contributed by atoms with Gasteiger partial charge in [0.2, 0.25) is 0 Å². The van der Waals surface area contributed by atoms with Gasteiger partial charge >= 0.3 is 0 Å². The number of thiazole rings is 1. The second-order valence-electron chi connectivity index (χ2n) is 8.46. The van der Waals surface area contributed by atoms with Crippen LogP contribution in [0.15, 0.2) is 52.5 Å². The van der Waals surface area contributed by atoms with E-state index in [2.05, 4.69) is 15.5 Å². The van der Waals surface area contributed by atoms with E-state index in [1.54, 1.807) is 39.7 Å². The molecule has 0 aromatic carbocycles. The smallest absolute Gasteiger partial charge is 0.276 e. The predicted molar refractivity (Wildman–Crippen MR) is 135 cm³/mol. The number of fused-ring (bicyclic) bond motifs is 2. The maximum Gasteiger partial charge on any atom is 0.276 e. The second-order valence-corrected chi connectivity index (χ2v) is 10.5. The van der Waals surface area contributed by atoms with Crippen LogP contribution in [0.25, 0.3) is 5.52 Å². The Kier molecular flexibility index (Phi) is 6.62. The highest BCUT2D eigenvalue weighted by atomic mass is 32.2. The Labute approximate surface area is 223 Å². The number of nitrogens with one attached hydrogen (secondary N) is 1. The van der Waals surface area contributed by atoms with Crippen molar-refractivity contribution in [3.63, 3.8) is 0 Å². The molecule has 15 heteroatoms. The fourth-order valence-electron chi connectivity index (χ4n) is 4.40. The number of nitrogen functional groups attached to an aromatic ring is 1. The van der Waals surface area contributed by atoms with Crippen LogP contribution >= 0.6 is 23.1 Å². The largest absolute Gasteiger partial charge is 0.543 e. The molecular weight excluding hydrogens is 534 g/mol. The molecule has 1 saturated heterocycles. The summed E-state index contributed by atoms with van der Waals surface area (Å²) in [7, 11) is 1.27. The summed E-state index contributed by atoms with van der Waals surface area (Å²) in [4.78, 5) is 59.8. The molecule has 3 aromatic heterocycles. The van der Waals surface area contributed by atoms with Crippen molar-refractivity contribution in [2.45, 2.75) is 24.9 Å². The van der Waals surface area contributed by atoms with E-state index in [0.717, 1.165) is 21.8 Å². The molecule has 5 rings (SSSR count). The van der Waals surface area contributed by atoms with Crippen LogP contribution < -0.4 is 20.7 Å². The van der Waals surface area contributed by atoms with Gasteiger partial charge in [-0.2, -0.15) is 4.57 Å². The molecule has 1 fully saturated rings. The van der Waals surface area contributed by atoms with E-state index >= 15 is 0 Å². The standard InChI is InChI=1S/C23H21N7O6S2/c1-11(31)15-4-3-13-8-28(5-6-29(13)15)7-12-9-37-21-17(20(33)30(21)18(12)22(34)35)26-19(32)16(27-36-2)14-10-38-23(24)25-14/h3-6,8,10,17,21H,7,9H2,1-2H3,(H3-,24,25,26,32,34,35)/b27-16-/t17-,21-/m1/s1. The van der Waals surface area contributed by atoms with Crippen LogP contribution in [0, 0.1) is 0 Å². The topological polar surface area (TPSA) is 175 Å². The van der Waals surface area contributed by atoms with Gasteiger partial charge in [0.15, 0.2) is 35.6 Å². The number of anilines is 1. The number of thioether (sulfide) groups is 1. The minimum absolute atomic E-state index is 0.0753. The lowest BCUT2D eigenvalue weighted by molar-refractivity contribution is -0.688. The van der Waals surface area contributed by atoms with Gasteiger partial charge in [0.25, 0.3) is 11.8 Å². The van der Waals surface area contributed by atoms with Crippen molar-refractivity contribution in [3.8, 4) is 0 Å². The fraction of sp³-hybridized carbons (Fsp3) is 0.261. The zero-order valence-electron chi connectivity index (χ0n) is 20.1. The number of nitrogens with two attached hydrogens (primary N) is 1. The first kappa shape index (κ1) is 25.4. The summed E-state index contributed by atoms with van der Waals surface area (Å²) in [6.45, 7) is 1.67. The number of carboxylic acids is 1. The van der Waals surface area contributed by atoms with Crippen LogP contribution in [0.5, 0.6) is 0 Å². The third-order valence-corrected chi connectivity index (χ3v) is 8.09. The van der Waals surface area contributed by atoms with Crippen LogP contribution in [0.3, 0.4) is 0 Å². The highest BCUT2D eigenvalue weighted by Gasteiger charge is 2.53. The third-order valence-electron chi connectivity index (χ3n) is 6.08. The first-order valence-electron chi connectivity index (χ1n) is 11.2. The lowest BCUT2D eigenvalue weighted by Crippen LogP contribution is -2.71. The number of nitrogens with zero attached hydrogens (tertiary/aromatic N) is 5. The van der Waals surface area contributed by atoms with Gasteiger partial charge in [-0.25, -0.2) is 4.98 Å². The molecule has 38 heavy (non-hydrogen) atoms. The maximum absolute atomic E-state index is 13.0. The molecule has 0 aliphatic carbocycles. The zero-order valence-corrected chi connectivity index (χ0v) is 21.7. The summed E-state index contributed by atoms with van der Waals surface area (Å²) >= 11 is 2.44. The summed E-state index contributed by atoms with van der Waals surface area (Å²) in [6, 6.07) is 2.53. The minimum Gasteiger partial charge on any atom is -0.543 e. The molecule has 0 saturated carbocycles. The van der Waals surface area contributed by atoms with Gasteiger partial charge in [0.1, 0.15) is 29.7 Å². The van der Waals surface area contributed by atoms with Gasteiger partial charge in [-0.05, 0) is 12.1 Å². The molecule has 2 aliphatic heterocycles. The van der Waals surface area contributed by atoms with Crippen LogP contribution in [0.4, 0.5) is 5.13 Å². The minimum atomic E-state index is -1.48. The van der Waals surface area contributed by atoms with Crippen molar-refractivity contribution in [3.05, 3.63) is 58.8 Å². The molecule has 2 amide bonds. The molecule has 0 unspecified atom stereocenters. The van der Waals surface area contributed by atoms with Gasteiger partial charge in [-0.15, -0.1) is 23.1 Å². The van der Waals surface area contributed by atoms with Crippen LogP contribution in [0.2, 0.25) is 0 Å². The number of carboxylic acid groups (broad SMARTS) is 1. The number of amides is 2. The molecule has 0 spiro atoms. The predicted octanol–water partition coefficient (Wildman–Crippen LogP) is -1.08. The highest BCUT2D eigenvalue weighted by molar-refractivity contribution is 8.00. The highest BCUT2D eigenvalue weighted by Crippen LogP contribution is 2.40. The zero-order chi connectivity index (χ0) is 27.1. The number of carbonyl (C=O) groups is 4. The van der Waals surface area contributed by atoms with E-state index in [0.29, 0.717) is 17.0 Å². The van der Waals surface area contributed by atoms with E-state index in [9.17, 15) is 24.3 Å². The second kappa shape index (κ2) is 9.90. The number of Topliss-reactive ketones (excluding diaryl/α,β-unsaturated/α-hetero) is 1. The van der Waals surface area contributed by atoms with E-state index in [1.165, 1.54) is 31.2 Å². The Hall–Kier alpha value is -4.24. The van der Waals surface area contributed by atoms with Crippen molar-refractivity contribution in [2.24, 2.45) is 5.16 Å². The normalized spacial score (nSPS) is 19.3. The molecule has 0 bridgehead atoms. The summed E-state index contributed by atoms with van der Waals surface area (Å²) in [5.74, 6) is -2.55. The molecular formula is C23H21N7O6S2.